The average Bonchev–Trinajstić information content (AvgIpc) is 3.31. The predicted octanol–water partition coefficient (Wildman–Crippen LogP) is 2.94. The fourth-order valence-corrected chi connectivity index (χ4v) is 4.40. The molecule has 2 aliphatic rings. The minimum atomic E-state index is -0.543. The number of piperazine rings is 1. The van der Waals surface area contributed by atoms with Crippen molar-refractivity contribution in [2.24, 2.45) is 5.16 Å². The van der Waals surface area contributed by atoms with E-state index in [2.05, 4.69) is 10.1 Å². The van der Waals surface area contributed by atoms with Crippen molar-refractivity contribution in [2.75, 3.05) is 26.2 Å². The van der Waals surface area contributed by atoms with E-state index in [9.17, 15) is 9.90 Å². The summed E-state index contributed by atoms with van der Waals surface area (Å²) in [5.41, 5.74) is 1.86. The van der Waals surface area contributed by atoms with Crippen LogP contribution in [0.3, 0.4) is 0 Å². The maximum absolute atomic E-state index is 12.7. The van der Waals surface area contributed by atoms with Gasteiger partial charge in [0.1, 0.15) is 11.5 Å². The zero-order valence-corrected chi connectivity index (χ0v) is 16.2. The van der Waals surface area contributed by atoms with Crippen molar-refractivity contribution in [3.8, 4) is 5.75 Å². The van der Waals surface area contributed by atoms with E-state index in [1.807, 2.05) is 29.2 Å². The number of halogens is 1. The normalized spacial score (nSPS) is 20.4. The van der Waals surface area contributed by atoms with Gasteiger partial charge >= 0.3 is 0 Å². The van der Waals surface area contributed by atoms with Crippen LogP contribution in [0.15, 0.2) is 41.6 Å². The molecule has 0 bridgehead atoms. The first-order valence-electron chi connectivity index (χ1n) is 8.86. The molecule has 1 saturated heterocycles. The van der Waals surface area contributed by atoms with Gasteiger partial charge in [-0.25, -0.2) is 0 Å². The van der Waals surface area contributed by atoms with E-state index in [0.29, 0.717) is 23.8 Å². The zero-order chi connectivity index (χ0) is 18.8. The van der Waals surface area contributed by atoms with Gasteiger partial charge in [0.05, 0.1) is 9.21 Å². The molecular formula is C19H20ClN3O3S. The van der Waals surface area contributed by atoms with Gasteiger partial charge in [0.15, 0.2) is 0 Å². The van der Waals surface area contributed by atoms with E-state index in [4.69, 9.17) is 16.4 Å². The van der Waals surface area contributed by atoms with E-state index in [-0.39, 0.29) is 11.7 Å². The Labute approximate surface area is 166 Å². The Hall–Kier alpha value is -2.09. The second kappa shape index (κ2) is 7.88. The van der Waals surface area contributed by atoms with Crippen LogP contribution in [0.4, 0.5) is 0 Å². The number of phenolic OH excluding ortho intramolecular Hbond substituents is 1. The predicted molar refractivity (Wildman–Crippen MR) is 105 cm³/mol. The molecule has 1 aromatic heterocycles. The van der Waals surface area contributed by atoms with Crippen molar-refractivity contribution in [3.63, 3.8) is 0 Å². The quantitative estimate of drug-likeness (QED) is 0.849. The van der Waals surface area contributed by atoms with Crippen molar-refractivity contribution in [1.29, 1.82) is 0 Å². The van der Waals surface area contributed by atoms with Crippen LogP contribution < -0.4 is 0 Å². The summed E-state index contributed by atoms with van der Waals surface area (Å²) in [6.45, 7) is 3.68. The number of benzene rings is 1. The van der Waals surface area contributed by atoms with Crippen molar-refractivity contribution in [3.05, 3.63) is 51.2 Å². The maximum Gasteiger partial charge on any atom is 0.266 e. The van der Waals surface area contributed by atoms with E-state index >= 15 is 0 Å². The number of rotatable bonds is 4. The van der Waals surface area contributed by atoms with Crippen molar-refractivity contribution in [2.45, 2.75) is 19.1 Å². The van der Waals surface area contributed by atoms with Crippen molar-refractivity contribution >= 4 is 34.6 Å². The third-order valence-corrected chi connectivity index (χ3v) is 6.08. The molecule has 1 unspecified atom stereocenters. The summed E-state index contributed by atoms with van der Waals surface area (Å²) >= 11 is 7.41. The molecule has 0 spiro atoms. The number of hydrogen-bond donors (Lipinski definition) is 1. The topological polar surface area (TPSA) is 65.4 Å². The second-order valence-corrected chi connectivity index (χ2v) is 8.43. The SMILES string of the molecule is O=C(C1CC(c2ccc(Cl)s2)=NO1)N1CCN(Cc2cccc(O)c2)CC1. The summed E-state index contributed by atoms with van der Waals surface area (Å²) in [6.07, 6.45) is -0.0578. The molecule has 0 aliphatic carbocycles. The molecule has 1 atom stereocenters. The maximum atomic E-state index is 12.7. The molecule has 1 aromatic carbocycles. The summed E-state index contributed by atoms with van der Waals surface area (Å²) in [5.74, 6) is 0.274. The Bertz CT molecular complexity index is 861. The number of aromatic hydroxyl groups is 1. The summed E-state index contributed by atoms with van der Waals surface area (Å²) < 4.78 is 0.699. The molecule has 0 radical (unpaired) electrons. The minimum Gasteiger partial charge on any atom is -0.508 e. The zero-order valence-electron chi connectivity index (χ0n) is 14.7. The van der Waals surface area contributed by atoms with Gasteiger partial charge in [-0.15, -0.1) is 11.3 Å². The Morgan fingerprint density at radius 3 is 2.78 bits per heavy atom. The number of hydrogen-bond acceptors (Lipinski definition) is 6. The van der Waals surface area contributed by atoms with E-state index in [0.717, 1.165) is 35.8 Å². The van der Waals surface area contributed by atoms with Gasteiger partial charge in [-0.3, -0.25) is 9.69 Å². The Morgan fingerprint density at radius 2 is 2.07 bits per heavy atom. The molecule has 1 fully saturated rings. The van der Waals surface area contributed by atoms with Crippen LogP contribution in [0.1, 0.15) is 16.9 Å². The van der Waals surface area contributed by atoms with E-state index < -0.39 is 6.10 Å². The number of amides is 1. The lowest BCUT2D eigenvalue weighted by Crippen LogP contribution is -2.51. The van der Waals surface area contributed by atoms with Gasteiger partial charge in [0.25, 0.3) is 5.91 Å². The lowest BCUT2D eigenvalue weighted by Gasteiger charge is -2.35. The first-order valence-corrected chi connectivity index (χ1v) is 10.1. The number of nitrogens with zero attached hydrogens (tertiary/aromatic N) is 3. The van der Waals surface area contributed by atoms with Gasteiger partial charge in [0.2, 0.25) is 6.10 Å². The van der Waals surface area contributed by atoms with Gasteiger partial charge < -0.3 is 14.8 Å². The van der Waals surface area contributed by atoms with Gasteiger partial charge in [-0.1, -0.05) is 28.9 Å². The highest BCUT2D eigenvalue weighted by atomic mass is 35.5. The lowest BCUT2D eigenvalue weighted by molar-refractivity contribution is -0.143. The minimum absolute atomic E-state index is 0.00610. The average molecular weight is 406 g/mol. The number of carbonyl (C=O) groups excluding carboxylic acids is 1. The second-order valence-electron chi connectivity index (χ2n) is 6.71. The summed E-state index contributed by atoms with van der Waals surface area (Å²) in [4.78, 5) is 23.2. The summed E-state index contributed by atoms with van der Waals surface area (Å²) in [6, 6.07) is 11.0. The van der Waals surface area contributed by atoms with Crippen molar-refractivity contribution < 1.29 is 14.7 Å². The fourth-order valence-electron chi connectivity index (χ4n) is 3.37. The molecule has 3 heterocycles. The van der Waals surface area contributed by atoms with E-state index in [1.165, 1.54) is 11.3 Å². The molecule has 0 saturated carbocycles. The van der Waals surface area contributed by atoms with Gasteiger partial charge in [-0.05, 0) is 29.8 Å². The Kier molecular flexibility index (Phi) is 5.33. The van der Waals surface area contributed by atoms with E-state index in [1.54, 1.807) is 12.1 Å². The van der Waals surface area contributed by atoms with Crippen LogP contribution in [0.5, 0.6) is 5.75 Å². The molecular weight excluding hydrogens is 386 g/mol. The lowest BCUT2D eigenvalue weighted by atomic mass is 10.1. The largest absolute Gasteiger partial charge is 0.508 e. The smallest absolute Gasteiger partial charge is 0.266 e. The number of thiophene rings is 1. The molecule has 142 valence electrons. The fraction of sp³-hybridized carbons (Fsp3) is 0.368. The third-order valence-electron chi connectivity index (χ3n) is 4.80. The number of carbonyl (C=O) groups is 1. The summed E-state index contributed by atoms with van der Waals surface area (Å²) in [7, 11) is 0. The highest BCUT2D eigenvalue weighted by molar-refractivity contribution is 7.18. The Balaban J connectivity index is 1.28. The molecule has 1 amide bonds. The molecule has 27 heavy (non-hydrogen) atoms. The molecule has 8 heteroatoms. The van der Waals surface area contributed by atoms with Crippen LogP contribution in [0.25, 0.3) is 0 Å². The molecule has 1 N–H and O–H groups in total. The van der Waals surface area contributed by atoms with Crippen molar-refractivity contribution in [1.82, 2.24) is 9.80 Å². The van der Waals surface area contributed by atoms with Crippen LogP contribution in [0, 0.1) is 0 Å². The highest BCUT2D eigenvalue weighted by Crippen LogP contribution is 2.27. The number of oxime groups is 1. The summed E-state index contributed by atoms with van der Waals surface area (Å²) in [5, 5.41) is 13.7. The Morgan fingerprint density at radius 1 is 1.26 bits per heavy atom. The molecule has 4 rings (SSSR count). The standard InChI is InChI=1S/C19H20ClN3O3S/c20-18-5-4-17(27-18)15-11-16(26-21-15)19(25)23-8-6-22(7-9-23)12-13-2-1-3-14(24)10-13/h1-5,10,16,24H,6-9,11-12H2. The van der Waals surface area contributed by atoms with Gasteiger partial charge in [0, 0.05) is 39.1 Å². The van der Waals surface area contributed by atoms with Crippen LogP contribution in [0.2, 0.25) is 4.34 Å². The number of phenols is 1. The third kappa shape index (κ3) is 4.26. The van der Waals surface area contributed by atoms with Crippen LogP contribution in [-0.4, -0.2) is 58.8 Å². The monoisotopic (exact) mass is 405 g/mol. The van der Waals surface area contributed by atoms with Crippen LogP contribution in [-0.2, 0) is 16.2 Å². The van der Waals surface area contributed by atoms with Crippen LogP contribution >= 0.6 is 22.9 Å². The first kappa shape index (κ1) is 18.3. The molecule has 6 nitrogen and oxygen atoms in total. The molecule has 2 aliphatic heterocycles. The molecule has 2 aromatic rings. The highest BCUT2D eigenvalue weighted by Gasteiger charge is 2.34. The first-order chi connectivity index (χ1) is 13.1. The van der Waals surface area contributed by atoms with Gasteiger partial charge in [-0.2, -0.15) is 0 Å².